The molecule has 0 radical (unpaired) electrons. The average Bonchev–Trinajstić information content (AvgIpc) is 3.39. The zero-order chi connectivity index (χ0) is 22.5. The lowest BCUT2D eigenvalue weighted by atomic mass is 10.0. The minimum atomic E-state index is -0.427. The maximum absolute atomic E-state index is 13.3. The Kier molecular flexibility index (Phi) is 6.21. The summed E-state index contributed by atoms with van der Waals surface area (Å²) in [5.74, 6) is 0.671. The molecular formula is C24H23N3O5. The molecule has 0 saturated heterocycles. The van der Waals surface area contributed by atoms with Crippen LogP contribution in [-0.4, -0.2) is 43.3 Å². The minimum absolute atomic E-state index is 0.166. The maximum Gasteiger partial charge on any atom is 0.291 e. The van der Waals surface area contributed by atoms with Gasteiger partial charge in [0.2, 0.25) is 0 Å². The Labute approximate surface area is 185 Å². The van der Waals surface area contributed by atoms with Gasteiger partial charge in [-0.2, -0.15) is 5.10 Å². The molecule has 1 aromatic heterocycles. The summed E-state index contributed by atoms with van der Waals surface area (Å²) < 4.78 is 15.8. The Morgan fingerprint density at radius 3 is 2.59 bits per heavy atom. The molecule has 1 aliphatic heterocycles. The van der Waals surface area contributed by atoms with E-state index in [4.69, 9.17) is 13.9 Å². The van der Waals surface area contributed by atoms with Crippen LogP contribution in [0.5, 0.6) is 11.5 Å². The molecule has 164 valence electrons. The van der Waals surface area contributed by atoms with Crippen LogP contribution < -0.4 is 14.8 Å². The molecule has 1 N–H and O–H groups in total. The summed E-state index contributed by atoms with van der Waals surface area (Å²) in [5.41, 5.74) is 2.39. The summed E-state index contributed by atoms with van der Waals surface area (Å²) in [6.07, 6.45) is 2.92. The number of amides is 2. The van der Waals surface area contributed by atoms with Gasteiger partial charge in [-0.25, -0.2) is 5.01 Å². The molecular weight excluding hydrogens is 410 g/mol. The summed E-state index contributed by atoms with van der Waals surface area (Å²) in [5, 5.41) is 8.78. The highest BCUT2D eigenvalue weighted by Crippen LogP contribution is 2.29. The van der Waals surface area contributed by atoms with Crippen LogP contribution in [0.3, 0.4) is 0 Å². The van der Waals surface area contributed by atoms with Crippen molar-refractivity contribution in [1.82, 2.24) is 5.01 Å². The molecule has 32 heavy (non-hydrogen) atoms. The zero-order valence-corrected chi connectivity index (χ0v) is 17.8. The zero-order valence-electron chi connectivity index (χ0n) is 17.8. The number of carbonyl (C=O) groups is 2. The van der Waals surface area contributed by atoms with Gasteiger partial charge in [0.25, 0.3) is 11.8 Å². The van der Waals surface area contributed by atoms with E-state index in [9.17, 15) is 9.59 Å². The van der Waals surface area contributed by atoms with Crippen LogP contribution in [0, 0.1) is 0 Å². The number of para-hydroxylation sites is 1. The largest absolute Gasteiger partial charge is 0.493 e. The molecule has 0 spiro atoms. The van der Waals surface area contributed by atoms with Gasteiger partial charge >= 0.3 is 0 Å². The van der Waals surface area contributed by atoms with Gasteiger partial charge in [0.1, 0.15) is 0 Å². The van der Waals surface area contributed by atoms with Crippen LogP contribution in [0.15, 0.2) is 70.4 Å². The van der Waals surface area contributed by atoms with Crippen LogP contribution in [0.2, 0.25) is 0 Å². The van der Waals surface area contributed by atoms with Gasteiger partial charge in [-0.05, 0) is 55.3 Å². The molecule has 4 rings (SSSR count). The first-order valence-corrected chi connectivity index (χ1v) is 10.2. The van der Waals surface area contributed by atoms with Gasteiger partial charge in [0, 0.05) is 12.1 Å². The van der Waals surface area contributed by atoms with Crippen molar-refractivity contribution >= 4 is 23.2 Å². The van der Waals surface area contributed by atoms with Crippen molar-refractivity contribution in [3.63, 3.8) is 0 Å². The number of hydrogen-bond donors (Lipinski definition) is 1. The van der Waals surface area contributed by atoms with Crippen molar-refractivity contribution in [2.45, 2.75) is 12.8 Å². The fourth-order valence-corrected chi connectivity index (χ4v) is 3.52. The van der Waals surface area contributed by atoms with Crippen LogP contribution >= 0.6 is 0 Å². The molecule has 8 heteroatoms. The van der Waals surface area contributed by atoms with E-state index in [1.807, 2.05) is 18.2 Å². The third-order valence-electron chi connectivity index (χ3n) is 5.13. The molecule has 0 bridgehead atoms. The lowest BCUT2D eigenvalue weighted by Crippen LogP contribution is -2.33. The fourth-order valence-electron chi connectivity index (χ4n) is 3.52. The van der Waals surface area contributed by atoms with E-state index < -0.39 is 5.91 Å². The van der Waals surface area contributed by atoms with E-state index in [1.165, 1.54) is 11.3 Å². The van der Waals surface area contributed by atoms with Gasteiger partial charge in [-0.3, -0.25) is 9.59 Å². The first-order chi connectivity index (χ1) is 15.6. The second-order valence-corrected chi connectivity index (χ2v) is 7.13. The standard InChI is InChI=1S/C24H23N3O5/c1-30-20-12-11-16(15-22(20)31-2)18-9-5-13-27(26-18)24(29)17-7-3-4-8-19(17)25-23(28)21-10-6-14-32-21/h3-4,6-8,10-12,14-15H,5,9,13H2,1-2H3,(H,25,28). The molecule has 0 aliphatic carbocycles. The monoisotopic (exact) mass is 433 g/mol. The molecule has 0 saturated carbocycles. The highest BCUT2D eigenvalue weighted by Gasteiger charge is 2.24. The van der Waals surface area contributed by atoms with Gasteiger partial charge in [0.15, 0.2) is 17.3 Å². The van der Waals surface area contributed by atoms with Gasteiger partial charge in [0.05, 0.1) is 37.4 Å². The maximum atomic E-state index is 13.3. The normalized spacial score (nSPS) is 13.3. The highest BCUT2D eigenvalue weighted by molar-refractivity contribution is 6.09. The van der Waals surface area contributed by atoms with Crippen molar-refractivity contribution in [2.24, 2.45) is 5.10 Å². The van der Waals surface area contributed by atoms with Crippen molar-refractivity contribution < 1.29 is 23.5 Å². The van der Waals surface area contributed by atoms with Crippen molar-refractivity contribution in [2.75, 3.05) is 26.1 Å². The number of anilines is 1. The number of furan rings is 1. The summed E-state index contributed by atoms with van der Waals surface area (Å²) in [7, 11) is 3.16. The lowest BCUT2D eigenvalue weighted by molar-refractivity contribution is 0.0752. The number of nitrogens with one attached hydrogen (secondary N) is 1. The Hall–Kier alpha value is -4.07. The summed E-state index contributed by atoms with van der Waals surface area (Å²) >= 11 is 0. The summed E-state index contributed by atoms with van der Waals surface area (Å²) in [6, 6.07) is 15.6. The summed E-state index contributed by atoms with van der Waals surface area (Å²) in [6.45, 7) is 0.482. The Morgan fingerprint density at radius 1 is 1.03 bits per heavy atom. The van der Waals surface area contributed by atoms with E-state index in [2.05, 4.69) is 10.4 Å². The number of ether oxygens (including phenoxy) is 2. The third kappa shape index (κ3) is 4.34. The summed E-state index contributed by atoms with van der Waals surface area (Å²) in [4.78, 5) is 25.7. The molecule has 0 fully saturated rings. The first-order valence-electron chi connectivity index (χ1n) is 10.2. The number of hydrogen-bond acceptors (Lipinski definition) is 6. The number of rotatable bonds is 6. The van der Waals surface area contributed by atoms with Crippen LogP contribution in [0.25, 0.3) is 0 Å². The van der Waals surface area contributed by atoms with E-state index >= 15 is 0 Å². The van der Waals surface area contributed by atoms with E-state index in [1.54, 1.807) is 50.6 Å². The number of nitrogens with zero attached hydrogens (tertiary/aromatic N) is 2. The Morgan fingerprint density at radius 2 is 1.84 bits per heavy atom. The van der Waals surface area contributed by atoms with Crippen LogP contribution in [0.1, 0.15) is 39.3 Å². The van der Waals surface area contributed by atoms with E-state index in [0.29, 0.717) is 29.3 Å². The van der Waals surface area contributed by atoms with E-state index in [-0.39, 0.29) is 11.7 Å². The predicted octanol–water partition coefficient (Wildman–Crippen LogP) is 4.19. The van der Waals surface area contributed by atoms with Crippen molar-refractivity contribution in [1.29, 1.82) is 0 Å². The second-order valence-electron chi connectivity index (χ2n) is 7.13. The topological polar surface area (TPSA) is 93.4 Å². The average molecular weight is 433 g/mol. The quantitative estimate of drug-likeness (QED) is 0.629. The van der Waals surface area contributed by atoms with Crippen molar-refractivity contribution in [3.05, 3.63) is 77.7 Å². The highest BCUT2D eigenvalue weighted by atomic mass is 16.5. The molecule has 0 unspecified atom stereocenters. The first kappa shape index (κ1) is 21.2. The number of carbonyl (C=O) groups excluding carboxylic acids is 2. The lowest BCUT2D eigenvalue weighted by Gasteiger charge is -2.25. The number of methoxy groups -OCH3 is 2. The molecule has 2 amide bonds. The van der Waals surface area contributed by atoms with E-state index in [0.717, 1.165) is 24.1 Å². The number of benzene rings is 2. The number of hydrazone groups is 1. The predicted molar refractivity (Wildman–Crippen MR) is 119 cm³/mol. The molecule has 2 aromatic carbocycles. The molecule has 8 nitrogen and oxygen atoms in total. The van der Waals surface area contributed by atoms with Crippen LogP contribution in [-0.2, 0) is 0 Å². The van der Waals surface area contributed by atoms with Crippen LogP contribution in [0.4, 0.5) is 5.69 Å². The molecule has 0 atom stereocenters. The second kappa shape index (κ2) is 9.38. The van der Waals surface area contributed by atoms with Gasteiger partial charge < -0.3 is 19.2 Å². The third-order valence-corrected chi connectivity index (χ3v) is 5.13. The molecule has 3 aromatic rings. The van der Waals surface area contributed by atoms with Gasteiger partial charge in [-0.15, -0.1) is 0 Å². The Balaban J connectivity index is 1.59. The SMILES string of the molecule is COc1ccc(C2=NN(C(=O)c3ccccc3NC(=O)c3ccco3)CCC2)cc1OC. The Bertz CT molecular complexity index is 1150. The van der Waals surface area contributed by atoms with Crippen molar-refractivity contribution in [3.8, 4) is 11.5 Å². The fraction of sp³-hybridized carbons (Fsp3) is 0.208. The molecule has 2 heterocycles. The smallest absolute Gasteiger partial charge is 0.291 e. The van der Waals surface area contributed by atoms with Gasteiger partial charge in [-0.1, -0.05) is 12.1 Å². The minimum Gasteiger partial charge on any atom is -0.493 e. The molecule has 1 aliphatic rings.